The lowest BCUT2D eigenvalue weighted by Gasteiger charge is -2.29. The zero-order valence-corrected chi connectivity index (χ0v) is 12.5. The van der Waals surface area contributed by atoms with Gasteiger partial charge in [0.1, 0.15) is 0 Å². The van der Waals surface area contributed by atoms with Gasteiger partial charge in [-0.25, -0.2) is 21.9 Å². The Morgan fingerprint density at radius 2 is 1.86 bits per heavy atom. The first-order chi connectivity index (χ1) is 9.94. The first-order valence-corrected chi connectivity index (χ1v) is 8.60. The average molecular weight is 318 g/mol. The van der Waals surface area contributed by atoms with Gasteiger partial charge in [0.15, 0.2) is 11.6 Å². The van der Waals surface area contributed by atoms with Gasteiger partial charge in [0.05, 0.1) is 4.90 Å². The molecule has 1 aromatic carbocycles. The van der Waals surface area contributed by atoms with Gasteiger partial charge in [0.2, 0.25) is 10.0 Å². The van der Waals surface area contributed by atoms with Crippen LogP contribution in [0.4, 0.5) is 8.78 Å². The summed E-state index contributed by atoms with van der Waals surface area (Å²) < 4.78 is 53.1. The Kier molecular flexibility index (Phi) is 5.29. The smallest absolute Gasteiger partial charge is 0.240 e. The van der Waals surface area contributed by atoms with Crippen molar-refractivity contribution in [3.8, 4) is 0 Å². The van der Waals surface area contributed by atoms with Gasteiger partial charge < -0.3 is 5.73 Å². The number of sulfonamides is 1. The van der Waals surface area contributed by atoms with Crippen molar-refractivity contribution in [1.82, 2.24) is 4.72 Å². The van der Waals surface area contributed by atoms with Gasteiger partial charge in [-0.15, -0.1) is 0 Å². The van der Waals surface area contributed by atoms with E-state index in [9.17, 15) is 17.2 Å². The molecule has 0 amide bonds. The van der Waals surface area contributed by atoms with Crippen molar-refractivity contribution < 1.29 is 17.2 Å². The zero-order chi connectivity index (χ0) is 15.5. The molecule has 0 aliphatic heterocycles. The molecule has 0 bridgehead atoms. The lowest BCUT2D eigenvalue weighted by Crippen LogP contribution is -2.45. The highest BCUT2D eigenvalue weighted by Crippen LogP contribution is 2.27. The number of halogens is 2. The van der Waals surface area contributed by atoms with E-state index >= 15 is 0 Å². The van der Waals surface area contributed by atoms with Gasteiger partial charge in [-0.1, -0.05) is 19.3 Å². The van der Waals surface area contributed by atoms with Crippen LogP contribution in [0.5, 0.6) is 0 Å². The molecule has 3 N–H and O–H groups in total. The molecular formula is C14H20F2N2O2S. The largest absolute Gasteiger partial charge is 0.329 e. The van der Waals surface area contributed by atoms with E-state index in [0.717, 1.165) is 44.2 Å². The molecule has 1 saturated carbocycles. The summed E-state index contributed by atoms with van der Waals surface area (Å²) in [6.45, 7) is 0.188. The monoisotopic (exact) mass is 318 g/mol. The van der Waals surface area contributed by atoms with Crippen LogP contribution in [0.2, 0.25) is 0 Å². The number of hydrogen-bond donors (Lipinski definition) is 2. The van der Waals surface area contributed by atoms with E-state index < -0.39 is 21.7 Å². The van der Waals surface area contributed by atoms with Crippen molar-refractivity contribution in [1.29, 1.82) is 0 Å². The second-order valence-corrected chi connectivity index (χ2v) is 7.15. The summed E-state index contributed by atoms with van der Waals surface area (Å²) in [4.78, 5) is -0.282. The van der Waals surface area contributed by atoms with E-state index in [1.807, 2.05) is 0 Å². The molecule has 2 rings (SSSR count). The van der Waals surface area contributed by atoms with Crippen molar-refractivity contribution >= 4 is 10.0 Å². The van der Waals surface area contributed by atoms with Crippen LogP contribution in [0.1, 0.15) is 32.1 Å². The number of nitrogens with two attached hydrogens (primary N) is 1. The maximum absolute atomic E-state index is 13.2. The molecule has 1 aliphatic rings. The minimum atomic E-state index is -3.90. The summed E-state index contributed by atoms with van der Waals surface area (Å²) >= 11 is 0. The maximum Gasteiger partial charge on any atom is 0.240 e. The van der Waals surface area contributed by atoms with E-state index in [1.54, 1.807) is 0 Å². The standard InChI is InChI=1S/C14H20F2N2O2S/c15-12-7-6-11(8-13(12)16)21(19,20)18-14(9-17)10-4-2-1-3-5-10/h6-8,10,14,18H,1-5,9,17H2. The second-order valence-electron chi connectivity index (χ2n) is 5.44. The highest BCUT2D eigenvalue weighted by atomic mass is 32.2. The highest BCUT2D eigenvalue weighted by Gasteiger charge is 2.27. The normalized spacial score (nSPS) is 18.6. The van der Waals surface area contributed by atoms with Crippen LogP contribution in [0, 0.1) is 17.6 Å². The van der Waals surface area contributed by atoms with E-state index in [0.29, 0.717) is 6.07 Å². The summed E-state index contributed by atoms with van der Waals surface area (Å²) in [6, 6.07) is 2.17. The summed E-state index contributed by atoms with van der Waals surface area (Å²) in [5, 5.41) is 0. The van der Waals surface area contributed by atoms with E-state index in [2.05, 4.69) is 4.72 Å². The van der Waals surface area contributed by atoms with Gasteiger partial charge in [-0.3, -0.25) is 0 Å². The number of nitrogens with one attached hydrogen (secondary N) is 1. The molecular weight excluding hydrogens is 298 g/mol. The summed E-state index contributed by atoms with van der Waals surface area (Å²) in [7, 11) is -3.90. The molecule has 1 unspecified atom stereocenters. The third kappa shape index (κ3) is 3.99. The minimum Gasteiger partial charge on any atom is -0.329 e. The molecule has 0 radical (unpaired) electrons. The third-order valence-electron chi connectivity index (χ3n) is 3.98. The number of rotatable bonds is 5. The summed E-state index contributed by atoms with van der Waals surface area (Å²) in [5.74, 6) is -2.06. The van der Waals surface area contributed by atoms with E-state index in [-0.39, 0.29) is 23.4 Å². The van der Waals surface area contributed by atoms with Crippen LogP contribution in [0.25, 0.3) is 0 Å². The fourth-order valence-electron chi connectivity index (χ4n) is 2.78. The van der Waals surface area contributed by atoms with Crippen molar-refractivity contribution in [3.05, 3.63) is 29.8 Å². The van der Waals surface area contributed by atoms with Gasteiger partial charge in [-0.2, -0.15) is 0 Å². The molecule has 1 aromatic rings. The lowest BCUT2D eigenvalue weighted by atomic mass is 9.84. The molecule has 0 saturated heterocycles. The molecule has 1 aliphatic carbocycles. The Morgan fingerprint density at radius 3 is 2.43 bits per heavy atom. The molecule has 0 heterocycles. The van der Waals surface area contributed by atoms with Crippen LogP contribution in [0.3, 0.4) is 0 Å². The van der Waals surface area contributed by atoms with Crippen LogP contribution < -0.4 is 10.5 Å². The summed E-state index contributed by atoms with van der Waals surface area (Å²) in [6.07, 6.45) is 5.15. The Labute approximate surface area is 123 Å². The fraction of sp³-hybridized carbons (Fsp3) is 0.571. The molecule has 118 valence electrons. The second kappa shape index (κ2) is 6.81. The van der Waals surface area contributed by atoms with Crippen LogP contribution in [-0.2, 0) is 10.0 Å². The van der Waals surface area contributed by atoms with Crippen molar-refractivity contribution in [2.75, 3.05) is 6.54 Å². The molecule has 0 aromatic heterocycles. The molecule has 7 heteroatoms. The quantitative estimate of drug-likeness (QED) is 0.874. The molecule has 1 atom stereocenters. The molecule has 4 nitrogen and oxygen atoms in total. The summed E-state index contributed by atoms with van der Waals surface area (Å²) in [5.41, 5.74) is 5.68. The van der Waals surface area contributed by atoms with Gasteiger partial charge in [0, 0.05) is 12.6 Å². The predicted octanol–water partition coefficient (Wildman–Crippen LogP) is 2.15. The third-order valence-corrected chi connectivity index (χ3v) is 5.47. The first-order valence-electron chi connectivity index (χ1n) is 7.11. The Morgan fingerprint density at radius 1 is 1.19 bits per heavy atom. The van der Waals surface area contributed by atoms with Crippen LogP contribution in [-0.4, -0.2) is 21.0 Å². The fourth-order valence-corrected chi connectivity index (χ4v) is 4.11. The molecule has 21 heavy (non-hydrogen) atoms. The average Bonchev–Trinajstić information content (AvgIpc) is 2.48. The lowest BCUT2D eigenvalue weighted by molar-refractivity contribution is 0.294. The van der Waals surface area contributed by atoms with E-state index in [1.165, 1.54) is 0 Å². The van der Waals surface area contributed by atoms with Crippen molar-refractivity contribution in [2.45, 2.75) is 43.0 Å². The Bertz CT molecular complexity index is 587. The van der Waals surface area contributed by atoms with Gasteiger partial charge >= 0.3 is 0 Å². The van der Waals surface area contributed by atoms with Gasteiger partial charge in [-0.05, 0) is 37.0 Å². The SMILES string of the molecule is NCC(NS(=O)(=O)c1ccc(F)c(F)c1)C1CCCCC1. The minimum absolute atomic E-state index is 0.188. The van der Waals surface area contributed by atoms with Crippen molar-refractivity contribution in [3.63, 3.8) is 0 Å². The van der Waals surface area contributed by atoms with E-state index in [4.69, 9.17) is 5.73 Å². The zero-order valence-electron chi connectivity index (χ0n) is 11.7. The molecule has 1 fully saturated rings. The molecule has 0 spiro atoms. The Hall–Kier alpha value is -1.05. The maximum atomic E-state index is 13.2. The highest BCUT2D eigenvalue weighted by molar-refractivity contribution is 7.89. The van der Waals surface area contributed by atoms with Crippen molar-refractivity contribution in [2.24, 2.45) is 11.7 Å². The predicted molar refractivity (Wildman–Crippen MR) is 76.1 cm³/mol. The Balaban J connectivity index is 2.16. The number of hydrogen-bond acceptors (Lipinski definition) is 3. The topological polar surface area (TPSA) is 72.2 Å². The van der Waals surface area contributed by atoms with Gasteiger partial charge in [0.25, 0.3) is 0 Å². The number of benzene rings is 1. The van der Waals surface area contributed by atoms with Crippen LogP contribution >= 0.6 is 0 Å². The van der Waals surface area contributed by atoms with Crippen LogP contribution in [0.15, 0.2) is 23.1 Å². The first kappa shape index (κ1) is 16.3.